The first-order chi connectivity index (χ1) is 20.1. The van der Waals surface area contributed by atoms with Crippen LogP contribution >= 0.6 is 0 Å². The van der Waals surface area contributed by atoms with E-state index in [-0.39, 0.29) is 6.10 Å². The van der Waals surface area contributed by atoms with Crippen molar-refractivity contribution >= 4 is 39.7 Å². The van der Waals surface area contributed by atoms with Gasteiger partial charge in [-0.05, 0) is 43.0 Å². The number of carbonyl (C=O) groups excluding carboxylic acids is 1. The molecule has 0 radical (unpaired) electrons. The summed E-state index contributed by atoms with van der Waals surface area (Å²) in [6, 6.07) is 16.4. The van der Waals surface area contributed by atoms with Crippen LogP contribution in [0, 0.1) is 0 Å². The average molecular weight is 555 g/mol. The van der Waals surface area contributed by atoms with E-state index in [0.29, 0.717) is 44.0 Å². The van der Waals surface area contributed by atoms with Gasteiger partial charge in [0.05, 0.1) is 42.9 Å². The third kappa shape index (κ3) is 6.01. The molecule has 212 valence electrons. The van der Waals surface area contributed by atoms with Crippen molar-refractivity contribution in [2.45, 2.75) is 38.8 Å². The number of aliphatic hydroxyl groups is 1. The van der Waals surface area contributed by atoms with Crippen molar-refractivity contribution in [2.24, 2.45) is 0 Å². The molecule has 41 heavy (non-hydrogen) atoms. The molecular formula is C30H34N8O3. The van der Waals surface area contributed by atoms with Gasteiger partial charge in [0.1, 0.15) is 11.8 Å². The number of aromatic nitrogens is 5. The number of hydrogen-bond donors (Lipinski definition) is 3. The number of ether oxygens (including phenoxy) is 1. The molecule has 3 N–H and O–H groups in total. The summed E-state index contributed by atoms with van der Waals surface area (Å²) in [5.74, 6) is 0.641. The van der Waals surface area contributed by atoms with E-state index in [9.17, 15) is 9.90 Å². The van der Waals surface area contributed by atoms with Crippen LogP contribution in [0.1, 0.15) is 30.9 Å². The van der Waals surface area contributed by atoms with Crippen molar-refractivity contribution < 1.29 is 14.6 Å². The summed E-state index contributed by atoms with van der Waals surface area (Å²) >= 11 is 0. The predicted octanol–water partition coefficient (Wildman–Crippen LogP) is 4.44. The Morgan fingerprint density at radius 3 is 2.85 bits per heavy atom. The smallest absolute Gasteiger partial charge is 0.411 e. The SMILES string of the molecule is CCc1c(NC(=O)OCCCN2CC[C@H](O)C2)cn2ncnc(Nc3ccc4c(cnn4Cc4ccccc4)c3)c12. The number of β-amino-alcohol motifs (C(OH)–C–C–N with tert-alkyl or cyclic N) is 1. The number of nitrogens with one attached hydrogen (secondary N) is 2. The van der Waals surface area contributed by atoms with E-state index < -0.39 is 6.09 Å². The minimum Gasteiger partial charge on any atom is -0.449 e. The summed E-state index contributed by atoms with van der Waals surface area (Å²) in [7, 11) is 0. The number of fused-ring (bicyclic) bond motifs is 2. The summed E-state index contributed by atoms with van der Waals surface area (Å²) in [5.41, 5.74) is 5.46. The summed E-state index contributed by atoms with van der Waals surface area (Å²) in [6.45, 7) is 5.41. The lowest BCUT2D eigenvalue weighted by Crippen LogP contribution is -2.25. The quantitative estimate of drug-likeness (QED) is 0.217. The van der Waals surface area contributed by atoms with Crippen molar-refractivity contribution in [2.75, 3.05) is 36.9 Å². The standard InChI is InChI=1S/C30H34N8O3/c1-2-25-26(35-30(40)41-14-6-12-36-13-11-24(39)18-36)19-38-28(25)29(31-20-33-38)34-23-9-10-27-22(15-23)16-32-37(27)17-21-7-4-3-5-8-21/h3-5,7-10,15-16,19-20,24,39H,2,6,11-14,17-18H2,1H3,(H,35,40)(H,31,33,34)/t24-/m0/s1. The molecule has 0 bridgehead atoms. The molecule has 1 aliphatic heterocycles. The number of benzene rings is 2. The second-order valence-corrected chi connectivity index (χ2v) is 10.3. The normalized spacial score (nSPS) is 15.5. The van der Waals surface area contributed by atoms with Crippen LogP contribution in [0.25, 0.3) is 16.4 Å². The van der Waals surface area contributed by atoms with Gasteiger partial charge in [0.15, 0.2) is 5.82 Å². The highest BCUT2D eigenvalue weighted by atomic mass is 16.5. The Morgan fingerprint density at radius 2 is 2.05 bits per heavy atom. The van der Waals surface area contributed by atoms with Crippen LogP contribution in [0.4, 0.5) is 22.0 Å². The second kappa shape index (κ2) is 11.9. The van der Waals surface area contributed by atoms with Gasteiger partial charge in [0, 0.05) is 36.3 Å². The largest absolute Gasteiger partial charge is 0.449 e. The number of likely N-dealkylation sites (tertiary alicyclic amines) is 1. The van der Waals surface area contributed by atoms with Gasteiger partial charge in [-0.25, -0.2) is 14.3 Å². The van der Waals surface area contributed by atoms with Crippen LogP contribution in [-0.2, 0) is 17.7 Å². The van der Waals surface area contributed by atoms with E-state index >= 15 is 0 Å². The number of nitrogens with zero attached hydrogens (tertiary/aromatic N) is 6. The number of aryl methyl sites for hydroxylation is 1. The first-order valence-corrected chi connectivity index (χ1v) is 14.0. The maximum atomic E-state index is 12.6. The zero-order chi connectivity index (χ0) is 28.2. The third-order valence-electron chi connectivity index (χ3n) is 7.45. The van der Waals surface area contributed by atoms with Crippen molar-refractivity contribution in [3.05, 3.63) is 78.4 Å². The molecule has 1 atom stereocenters. The lowest BCUT2D eigenvalue weighted by Gasteiger charge is -2.14. The number of carbonyl (C=O) groups is 1. The minimum atomic E-state index is -0.502. The summed E-state index contributed by atoms with van der Waals surface area (Å²) < 4.78 is 9.14. The molecular weight excluding hydrogens is 520 g/mol. The molecule has 0 saturated carbocycles. The predicted molar refractivity (Wildman–Crippen MR) is 158 cm³/mol. The zero-order valence-corrected chi connectivity index (χ0v) is 23.0. The minimum absolute atomic E-state index is 0.245. The van der Waals surface area contributed by atoms with Gasteiger partial charge >= 0.3 is 6.09 Å². The van der Waals surface area contributed by atoms with Crippen molar-refractivity contribution in [3.63, 3.8) is 0 Å². The Morgan fingerprint density at radius 1 is 1.17 bits per heavy atom. The highest BCUT2D eigenvalue weighted by Gasteiger charge is 2.20. The van der Waals surface area contributed by atoms with Gasteiger partial charge in [-0.2, -0.15) is 10.2 Å². The molecule has 1 amide bonds. The monoisotopic (exact) mass is 554 g/mol. The number of anilines is 3. The van der Waals surface area contributed by atoms with E-state index in [2.05, 4.69) is 55.0 Å². The fourth-order valence-corrected chi connectivity index (χ4v) is 5.43. The van der Waals surface area contributed by atoms with Gasteiger partial charge < -0.3 is 20.1 Å². The van der Waals surface area contributed by atoms with Crippen molar-refractivity contribution in [1.29, 1.82) is 0 Å². The van der Waals surface area contributed by atoms with E-state index in [1.807, 2.05) is 42.1 Å². The van der Waals surface area contributed by atoms with Crippen LogP contribution in [0.2, 0.25) is 0 Å². The number of amides is 1. The van der Waals surface area contributed by atoms with Gasteiger partial charge in [-0.15, -0.1) is 0 Å². The average Bonchev–Trinajstić information content (AvgIpc) is 3.68. The number of hydrogen-bond acceptors (Lipinski definition) is 8. The lowest BCUT2D eigenvalue weighted by atomic mass is 10.2. The van der Waals surface area contributed by atoms with Gasteiger partial charge in [-0.3, -0.25) is 10.00 Å². The van der Waals surface area contributed by atoms with Crippen LogP contribution in [0.3, 0.4) is 0 Å². The zero-order valence-electron chi connectivity index (χ0n) is 23.0. The van der Waals surface area contributed by atoms with Crippen LogP contribution in [-0.4, -0.2) is 72.8 Å². The molecule has 11 nitrogen and oxygen atoms in total. The fraction of sp³-hybridized carbons (Fsp3) is 0.333. The topological polar surface area (TPSA) is 122 Å². The first kappa shape index (κ1) is 26.7. The van der Waals surface area contributed by atoms with Crippen LogP contribution in [0.15, 0.2) is 67.3 Å². The summed E-state index contributed by atoms with van der Waals surface area (Å²) in [5, 5.41) is 26.0. The van der Waals surface area contributed by atoms with Gasteiger partial charge in [0.25, 0.3) is 0 Å². The lowest BCUT2D eigenvalue weighted by molar-refractivity contribution is 0.149. The molecule has 3 aromatic heterocycles. The second-order valence-electron chi connectivity index (χ2n) is 10.3. The maximum absolute atomic E-state index is 12.6. The molecule has 0 spiro atoms. The number of rotatable bonds is 10. The van der Waals surface area contributed by atoms with E-state index in [1.54, 1.807) is 10.7 Å². The van der Waals surface area contributed by atoms with E-state index in [1.165, 1.54) is 11.9 Å². The van der Waals surface area contributed by atoms with Crippen molar-refractivity contribution in [3.8, 4) is 0 Å². The van der Waals surface area contributed by atoms with Crippen molar-refractivity contribution in [1.82, 2.24) is 29.3 Å². The Bertz CT molecular complexity index is 1650. The fourth-order valence-electron chi connectivity index (χ4n) is 5.43. The van der Waals surface area contributed by atoms with Gasteiger partial charge in [0.2, 0.25) is 0 Å². The molecule has 5 aromatic rings. The van der Waals surface area contributed by atoms with E-state index in [0.717, 1.165) is 47.2 Å². The van der Waals surface area contributed by atoms with Crippen LogP contribution in [0.5, 0.6) is 0 Å². The molecule has 11 heteroatoms. The summed E-state index contributed by atoms with van der Waals surface area (Å²) in [6.07, 6.45) is 6.58. The summed E-state index contributed by atoms with van der Waals surface area (Å²) in [4.78, 5) is 19.3. The Kier molecular flexibility index (Phi) is 7.79. The molecule has 2 aromatic carbocycles. The molecule has 1 fully saturated rings. The first-order valence-electron chi connectivity index (χ1n) is 14.0. The highest BCUT2D eigenvalue weighted by Crippen LogP contribution is 2.30. The Hall–Kier alpha value is -4.48. The molecule has 0 aliphatic carbocycles. The molecule has 1 saturated heterocycles. The van der Waals surface area contributed by atoms with Gasteiger partial charge in [-0.1, -0.05) is 37.3 Å². The van der Waals surface area contributed by atoms with E-state index in [4.69, 9.17) is 4.74 Å². The highest BCUT2D eigenvalue weighted by molar-refractivity contribution is 5.91. The number of aliphatic hydroxyl groups excluding tert-OH is 1. The Balaban J connectivity index is 1.14. The Labute approximate surface area is 237 Å². The molecule has 1 aliphatic rings. The van der Waals surface area contributed by atoms with Crippen LogP contribution < -0.4 is 10.6 Å². The maximum Gasteiger partial charge on any atom is 0.411 e. The molecule has 0 unspecified atom stereocenters. The third-order valence-corrected chi connectivity index (χ3v) is 7.45. The molecule has 4 heterocycles. The molecule has 6 rings (SSSR count).